The molecule has 45 heavy (non-hydrogen) atoms. The molecule has 1 amide bonds. The Morgan fingerprint density at radius 2 is 1.64 bits per heavy atom. The molecule has 0 aromatic carbocycles. The number of amides is 1. The maximum absolute atomic E-state index is 12.9. The van der Waals surface area contributed by atoms with Crippen molar-refractivity contribution in [3.05, 3.63) is 0 Å². The number of aliphatic hydroxyl groups excluding tert-OH is 7. The zero-order valence-electron chi connectivity index (χ0n) is 25.0. The minimum absolute atomic E-state index is 0.0151. The first-order valence-corrected chi connectivity index (χ1v) is 15.1. The number of hydrogen-bond donors (Lipinski definition) is 14. The smallest absolute Gasteiger partial charge is 0.253 e. The van der Waals surface area contributed by atoms with Crippen LogP contribution < -0.4 is 33.6 Å². The van der Waals surface area contributed by atoms with Crippen LogP contribution in [-0.2, 0) is 23.7 Å². The summed E-state index contributed by atoms with van der Waals surface area (Å²) in [6.07, 6.45) is -13.0. The van der Waals surface area contributed by atoms with E-state index >= 15 is 0 Å². The number of ether oxygens (including phenoxy) is 4. The van der Waals surface area contributed by atoms with Gasteiger partial charge in [-0.25, -0.2) is 0 Å². The largest absolute Gasteiger partial charge is 0.394 e. The Labute approximate surface area is 259 Å². The first kappa shape index (κ1) is 36.6. The molecule has 0 radical (unpaired) electrons. The molecular weight excluding hydrogens is 604 g/mol. The summed E-state index contributed by atoms with van der Waals surface area (Å²) in [7, 11) is 0. The summed E-state index contributed by atoms with van der Waals surface area (Å²) in [5, 5.41) is 87.8. The highest BCUT2D eigenvalue weighted by Gasteiger charge is 2.59. The maximum Gasteiger partial charge on any atom is 0.253 e. The van der Waals surface area contributed by atoms with Crippen molar-refractivity contribution in [3.8, 4) is 0 Å². The lowest BCUT2D eigenvalue weighted by molar-refractivity contribution is -0.338. The van der Waals surface area contributed by atoms with Crippen LogP contribution in [0.1, 0.15) is 26.2 Å². The van der Waals surface area contributed by atoms with Crippen LogP contribution >= 0.6 is 0 Å². The zero-order chi connectivity index (χ0) is 33.4. The molecule has 0 bridgehead atoms. The summed E-state index contributed by atoms with van der Waals surface area (Å²) in [5.74, 6) is -0.821. The van der Waals surface area contributed by atoms with Crippen LogP contribution in [0.5, 0.6) is 0 Å². The van der Waals surface area contributed by atoms with Gasteiger partial charge in [0.2, 0.25) is 0 Å². The molecule has 262 valence electrons. The van der Waals surface area contributed by atoms with Gasteiger partial charge >= 0.3 is 0 Å². The van der Waals surface area contributed by atoms with E-state index in [1.807, 2.05) is 0 Å². The number of rotatable bonds is 12. The highest BCUT2D eigenvalue weighted by atomic mass is 16.7. The van der Waals surface area contributed by atoms with Crippen molar-refractivity contribution in [2.24, 2.45) is 22.9 Å². The van der Waals surface area contributed by atoms with Crippen molar-refractivity contribution >= 4 is 5.91 Å². The third-order valence-electron chi connectivity index (χ3n) is 9.19. The predicted octanol–water partition coefficient (Wildman–Crippen LogP) is -8.30. The Hall–Kier alpha value is -1.21. The molecule has 0 aromatic heterocycles. The number of hydrogen-bond acceptors (Lipinski definition) is 18. The molecule has 19 nitrogen and oxygen atoms in total. The molecule has 17 unspecified atom stereocenters. The third kappa shape index (κ3) is 7.76. The van der Waals surface area contributed by atoms with E-state index in [9.17, 15) is 40.5 Å². The first-order chi connectivity index (χ1) is 21.1. The van der Waals surface area contributed by atoms with E-state index < -0.39 is 122 Å². The standard InChI is InChI=1S/C26H50N6O13/c1-25(8-34)21(39)16(30)17(37)23(45-25)44-20-12(32-24(40)26(41)4-15(26)29)2-10(27)19(18(20)38)43-22-11(28)3-13(36)14(42-22)6-31-5-9(35)7-33/h9-23,31,33-39,41H,2-8,27-30H2,1H3,(H,32,40). The highest BCUT2D eigenvalue weighted by Crippen LogP contribution is 2.37. The lowest BCUT2D eigenvalue weighted by Gasteiger charge is -2.50. The van der Waals surface area contributed by atoms with Gasteiger partial charge < -0.3 is 93.4 Å². The molecule has 19 heteroatoms. The van der Waals surface area contributed by atoms with E-state index in [2.05, 4.69) is 10.6 Å². The van der Waals surface area contributed by atoms with Gasteiger partial charge in [0.15, 0.2) is 18.2 Å². The van der Waals surface area contributed by atoms with Crippen LogP contribution in [-0.4, -0.2) is 176 Å². The summed E-state index contributed by atoms with van der Waals surface area (Å²) in [6, 6.07) is -5.00. The summed E-state index contributed by atoms with van der Waals surface area (Å²) in [5.41, 5.74) is 20.9. The second kappa shape index (κ2) is 14.5. The minimum Gasteiger partial charge on any atom is -0.394 e. The topological polar surface area (TPSA) is 344 Å². The molecule has 2 aliphatic heterocycles. The van der Waals surface area contributed by atoms with E-state index in [1.165, 1.54) is 6.92 Å². The molecule has 0 spiro atoms. The SMILES string of the molecule is CC1(CO)OC(OC2C(NC(=O)C3(O)CC3N)CC(N)C(OC3OC(CNCC(O)CO)C(O)CC3N)C2O)C(O)C(N)C1O. The Kier molecular flexibility index (Phi) is 11.8. The summed E-state index contributed by atoms with van der Waals surface area (Å²) < 4.78 is 23.7. The predicted molar refractivity (Wildman–Crippen MR) is 151 cm³/mol. The van der Waals surface area contributed by atoms with E-state index in [1.54, 1.807) is 0 Å². The fourth-order valence-electron chi connectivity index (χ4n) is 5.98. The summed E-state index contributed by atoms with van der Waals surface area (Å²) >= 11 is 0. The van der Waals surface area contributed by atoms with E-state index in [0.29, 0.717) is 0 Å². The Morgan fingerprint density at radius 3 is 2.24 bits per heavy atom. The van der Waals surface area contributed by atoms with Crippen molar-refractivity contribution in [2.45, 2.75) is 129 Å². The lowest BCUT2D eigenvalue weighted by atomic mass is 9.83. The number of nitrogens with one attached hydrogen (secondary N) is 2. The van der Waals surface area contributed by atoms with Gasteiger partial charge in [-0.05, 0) is 19.8 Å². The van der Waals surface area contributed by atoms with Crippen molar-refractivity contribution in [1.82, 2.24) is 10.6 Å². The summed E-state index contributed by atoms with van der Waals surface area (Å²) in [4.78, 5) is 12.9. The third-order valence-corrected chi connectivity index (χ3v) is 9.19. The van der Waals surface area contributed by atoms with Gasteiger partial charge in [0.1, 0.15) is 36.1 Å². The van der Waals surface area contributed by atoms with Gasteiger partial charge in [0.25, 0.3) is 5.91 Å². The number of carbonyl (C=O) groups is 1. The Balaban J connectivity index is 1.52. The maximum atomic E-state index is 12.9. The van der Waals surface area contributed by atoms with Crippen LogP contribution in [0.25, 0.3) is 0 Å². The molecule has 18 N–H and O–H groups in total. The van der Waals surface area contributed by atoms with Crippen LogP contribution in [0.15, 0.2) is 0 Å². The zero-order valence-corrected chi connectivity index (χ0v) is 25.0. The van der Waals surface area contributed by atoms with Crippen molar-refractivity contribution in [2.75, 3.05) is 26.3 Å². The quantitative estimate of drug-likeness (QED) is 0.0928. The Morgan fingerprint density at radius 1 is 1.00 bits per heavy atom. The number of aliphatic hydroxyl groups is 8. The second-order valence-electron chi connectivity index (χ2n) is 12.9. The summed E-state index contributed by atoms with van der Waals surface area (Å²) in [6.45, 7) is 0.307. The molecular formula is C26H50N6O13. The minimum atomic E-state index is -1.82. The Bertz CT molecular complexity index is 1010. The van der Waals surface area contributed by atoms with Crippen molar-refractivity contribution in [3.63, 3.8) is 0 Å². The molecule has 0 aromatic rings. The van der Waals surface area contributed by atoms with E-state index in [0.717, 1.165) is 0 Å². The van der Waals surface area contributed by atoms with Gasteiger partial charge in [0.05, 0.1) is 49.7 Å². The van der Waals surface area contributed by atoms with Crippen molar-refractivity contribution < 1.29 is 64.6 Å². The average molecular weight is 655 g/mol. The molecule has 4 aliphatic rings. The van der Waals surface area contributed by atoms with Crippen molar-refractivity contribution in [1.29, 1.82) is 0 Å². The lowest BCUT2D eigenvalue weighted by Crippen LogP contribution is -2.71. The molecule has 2 saturated carbocycles. The average Bonchev–Trinajstić information content (AvgIpc) is 3.63. The fourth-order valence-corrected chi connectivity index (χ4v) is 5.98. The van der Waals surface area contributed by atoms with Gasteiger partial charge in [-0.3, -0.25) is 4.79 Å². The molecule has 17 atom stereocenters. The second-order valence-corrected chi connectivity index (χ2v) is 12.9. The monoisotopic (exact) mass is 654 g/mol. The normalized spacial score (nSPS) is 49.4. The van der Waals surface area contributed by atoms with E-state index in [-0.39, 0.29) is 32.4 Å². The van der Waals surface area contributed by atoms with Crippen LogP contribution in [0, 0.1) is 0 Å². The van der Waals surface area contributed by atoms with Crippen LogP contribution in [0.2, 0.25) is 0 Å². The number of nitrogens with two attached hydrogens (primary N) is 4. The molecule has 4 rings (SSSR count). The fraction of sp³-hybridized carbons (Fsp3) is 0.962. The first-order valence-electron chi connectivity index (χ1n) is 15.1. The van der Waals surface area contributed by atoms with Gasteiger partial charge in [0, 0.05) is 31.6 Å². The van der Waals surface area contributed by atoms with Crippen LogP contribution in [0.4, 0.5) is 0 Å². The number of carbonyl (C=O) groups excluding carboxylic acids is 1. The van der Waals surface area contributed by atoms with E-state index in [4.69, 9.17) is 47.0 Å². The molecule has 2 heterocycles. The van der Waals surface area contributed by atoms with Gasteiger partial charge in [-0.15, -0.1) is 0 Å². The van der Waals surface area contributed by atoms with Gasteiger partial charge in [-0.2, -0.15) is 0 Å². The van der Waals surface area contributed by atoms with Crippen LogP contribution in [0.3, 0.4) is 0 Å². The highest BCUT2D eigenvalue weighted by molar-refractivity contribution is 5.89. The molecule has 2 aliphatic carbocycles. The molecule has 2 saturated heterocycles. The molecule has 4 fully saturated rings. The van der Waals surface area contributed by atoms with Gasteiger partial charge in [-0.1, -0.05) is 0 Å².